The van der Waals surface area contributed by atoms with Gasteiger partial charge in [-0.05, 0) is 47.9 Å². The van der Waals surface area contributed by atoms with E-state index < -0.39 is 0 Å². The number of carbonyl (C=O) groups is 1. The zero-order valence-corrected chi connectivity index (χ0v) is 31.7. The molecule has 260 valence electrons. The van der Waals surface area contributed by atoms with Gasteiger partial charge < -0.3 is 0 Å². The molecule has 1 nitrogen and oxygen atoms in total. The molecular weight excluding hydrogens is 597 g/mol. The zero-order chi connectivity index (χ0) is 33.1. The summed E-state index contributed by atoms with van der Waals surface area (Å²) in [6.45, 7) is 4.57. The first-order chi connectivity index (χ1) is 22.5. The SMILES string of the molecule is CCCCCCCCCCCCC(S)Cc1ccc(CC(=O)Cc2ccc(CC(S)CCCCCCCCCCCC)cc2)cc1. The second-order valence-corrected chi connectivity index (χ2v) is 15.6. The van der Waals surface area contributed by atoms with Crippen molar-refractivity contribution in [2.75, 3.05) is 0 Å². The molecular formula is C43H70OS2. The average Bonchev–Trinajstić information content (AvgIpc) is 3.04. The Labute approximate surface area is 296 Å². The average molecular weight is 667 g/mol. The Hall–Kier alpha value is -1.19. The normalized spacial score (nSPS) is 12.8. The van der Waals surface area contributed by atoms with Crippen LogP contribution in [-0.2, 0) is 30.5 Å². The molecule has 3 heteroatoms. The maximum Gasteiger partial charge on any atom is 0.141 e. The van der Waals surface area contributed by atoms with E-state index in [1.165, 1.54) is 152 Å². The number of carbonyl (C=O) groups excluding carboxylic acids is 1. The van der Waals surface area contributed by atoms with Crippen LogP contribution in [0.1, 0.15) is 177 Å². The summed E-state index contributed by atoms with van der Waals surface area (Å²) in [5, 5.41) is 0.837. The van der Waals surface area contributed by atoms with Crippen LogP contribution in [-0.4, -0.2) is 16.3 Å². The molecule has 0 fully saturated rings. The van der Waals surface area contributed by atoms with Crippen LogP contribution < -0.4 is 0 Å². The Morgan fingerprint density at radius 1 is 0.435 bits per heavy atom. The Balaban J connectivity index is 1.55. The summed E-state index contributed by atoms with van der Waals surface area (Å²) in [7, 11) is 0. The summed E-state index contributed by atoms with van der Waals surface area (Å²) in [5.41, 5.74) is 4.88. The van der Waals surface area contributed by atoms with Crippen LogP contribution in [0.4, 0.5) is 0 Å². The van der Waals surface area contributed by atoms with E-state index in [1.807, 2.05) is 0 Å². The molecule has 0 aromatic heterocycles. The highest BCUT2D eigenvalue weighted by atomic mass is 32.1. The summed E-state index contributed by atoms with van der Waals surface area (Å²) in [6, 6.07) is 17.3. The van der Waals surface area contributed by atoms with E-state index in [4.69, 9.17) is 25.3 Å². The zero-order valence-electron chi connectivity index (χ0n) is 30.0. The van der Waals surface area contributed by atoms with Gasteiger partial charge in [0, 0.05) is 23.3 Å². The van der Waals surface area contributed by atoms with E-state index in [-0.39, 0.29) is 5.78 Å². The summed E-state index contributed by atoms with van der Waals surface area (Å²) in [4.78, 5) is 12.8. The molecule has 0 aliphatic carbocycles. The van der Waals surface area contributed by atoms with E-state index >= 15 is 0 Å². The second-order valence-electron chi connectivity index (χ2n) is 14.2. The highest BCUT2D eigenvalue weighted by Gasteiger charge is 2.09. The van der Waals surface area contributed by atoms with Crippen LogP contribution in [0.25, 0.3) is 0 Å². The molecule has 0 saturated heterocycles. The van der Waals surface area contributed by atoms with Crippen LogP contribution in [0.15, 0.2) is 48.5 Å². The number of benzene rings is 2. The standard InChI is InChI=1S/C43H70OS2/c1-3-5-7-9-11-13-15-17-19-21-23-42(45)35-39-29-25-37(26-30-39)33-41(44)34-38-27-31-40(32-28-38)36-43(46)24-22-20-18-16-14-12-10-8-6-4-2/h25-32,42-43,45-46H,3-24,33-36H2,1-2H3. The van der Waals surface area contributed by atoms with Crippen LogP contribution >= 0.6 is 25.3 Å². The van der Waals surface area contributed by atoms with Gasteiger partial charge in [0.15, 0.2) is 0 Å². The summed E-state index contributed by atoms with van der Waals surface area (Å²) >= 11 is 9.75. The van der Waals surface area contributed by atoms with E-state index in [9.17, 15) is 4.79 Å². The molecule has 2 aromatic rings. The molecule has 46 heavy (non-hydrogen) atoms. The number of unbranched alkanes of at least 4 members (excludes halogenated alkanes) is 18. The molecule has 2 rings (SSSR count). The van der Waals surface area contributed by atoms with Gasteiger partial charge >= 0.3 is 0 Å². The Bertz CT molecular complexity index is 903. The number of Topliss-reactive ketones (excluding diaryl/α,β-unsaturated/α-hetero) is 1. The largest absolute Gasteiger partial charge is 0.299 e. The van der Waals surface area contributed by atoms with Crippen LogP contribution in [0.5, 0.6) is 0 Å². The monoisotopic (exact) mass is 666 g/mol. The molecule has 2 unspecified atom stereocenters. The lowest BCUT2D eigenvalue weighted by Crippen LogP contribution is -2.08. The molecule has 0 saturated carbocycles. The van der Waals surface area contributed by atoms with Gasteiger partial charge in [0.05, 0.1) is 0 Å². The van der Waals surface area contributed by atoms with Gasteiger partial charge in [-0.3, -0.25) is 4.79 Å². The molecule has 2 atom stereocenters. The van der Waals surface area contributed by atoms with E-state index in [0.29, 0.717) is 23.3 Å². The molecule has 0 aliphatic heterocycles. The van der Waals surface area contributed by atoms with Gasteiger partial charge in [0.1, 0.15) is 5.78 Å². The van der Waals surface area contributed by atoms with Gasteiger partial charge in [-0.2, -0.15) is 25.3 Å². The number of ketones is 1. The van der Waals surface area contributed by atoms with Crippen LogP contribution in [0.3, 0.4) is 0 Å². The third-order valence-electron chi connectivity index (χ3n) is 9.57. The lowest BCUT2D eigenvalue weighted by molar-refractivity contribution is -0.117. The maximum absolute atomic E-state index is 12.8. The summed E-state index contributed by atoms with van der Waals surface area (Å²) < 4.78 is 0. The molecule has 0 radical (unpaired) electrons. The predicted molar refractivity (Wildman–Crippen MR) is 211 cm³/mol. The minimum Gasteiger partial charge on any atom is -0.299 e. The predicted octanol–water partition coefficient (Wildman–Crippen LogP) is 13.3. The second kappa shape index (κ2) is 27.7. The van der Waals surface area contributed by atoms with Crippen molar-refractivity contribution in [3.63, 3.8) is 0 Å². The highest BCUT2D eigenvalue weighted by molar-refractivity contribution is 7.81. The molecule has 0 amide bonds. The number of hydrogen-bond acceptors (Lipinski definition) is 3. The molecule has 0 aliphatic rings. The van der Waals surface area contributed by atoms with Crippen molar-refractivity contribution in [2.45, 2.75) is 191 Å². The van der Waals surface area contributed by atoms with Crippen LogP contribution in [0.2, 0.25) is 0 Å². The summed E-state index contributed by atoms with van der Waals surface area (Å²) in [5.74, 6) is 0.279. The number of thiol groups is 2. The van der Waals surface area contributed by atoms with Crippen molar-refractivity contribution in [1.82, 2.24) is 0 Å². The number of rotatable bonds is 30. The summed E-state index contributed by atoms with van der Waals surface area (Å²) in [6.07, 6.45) is 33.0. The van der Waals surface area contributed by atoms with E-state index in [1.54, 1.807) is 0 Å². The number of hydrogen-bond donors (Lipinski definition) is 2. The minimum absolute atomic E-state index is 0.279. The third-order valence-corrected chi connectivity index (χ3v) is 10.5. The Kier molecular flexibility index (Phi) is 24.7. The van der Waals surface area contributed by atoms with Gasteiger partial charge in [-0.1, -0.05) is 191 Å². The first-order valence-electron chi connectivity index (χ1n) is 19.5. The van der Waals surface area contributed by atoms with Crippen molar-refractivity contribution in [2.24, 2.45) is 0 Å². The van der Waals surface area contributed by atoms with Crippen molar-refractivity contribution in [1.29, 1.82) is 0 Å². The van der Waals surface area contributed by atoms with E-state index in [0.717, 1.165) is 24.0 Å². The Morgan fingerprint density at radius 2 is 0.696 bits per heavy atom. The molecule has 0 N–H and O–H groups in total. The van der Waals surface area contributed by atoms with Gasteiger partial charge in [0.25, 0.3) is 0 Å². The third kappa shape index (κ3) is 21.6. The molecule has 0 heterocycles. The van der Waals surface area contributed by atoms with Crippen molar-refractivity contribution >= 4 is 31.0 Å². The lowest BCUT2D eigenvalue weighted by Gasteiger charge is -2.12. The van der Waals surface area contributed by atoms with Crippen LogP contribution in [0, 0.1) is 0 Å². The highest BCUT2D eigenvalue weighted by Crippen LogP contribution is 2.19. The molecule has 2 aromatic carbocycles. The van der Waals surface area contributed by atoms with Crippen molar-refractivity contribution in [3.8, 4) is 0 Å². The van der Waals surface area contributed by atoms with Crippen molar-refractivity contribution in [3.05, 3.63) is 70.8 Å². The minimum atomic E-state index is 0.279. The fourth-order valence-corrected chi connectivity index (χ4v) is 7.37. The van der Waals surface area contributed by atoms with Crippen molar-refractivity contribution < 1.29 is 4.79 Å². The van der Waals surface area contributed by atoms with Gasteiger partial charge in [-0.15, -0.1) is 0 Å². The molecule has 0 bridgehead atoms. The fraction of sp³-hybridized carbons (Fsp3) is 0.698. The topological polar surface area (TPSA) is 17.1 Å². The van der Waals surface area contributed by atoms with Gasteiger partial charge in [0.2, 0.25) is 0 Å². The smallest absolute Gasteiger partial charge is 0.141 e. The first kappa shape index (κ1) is 41.0. The quantitative estimate of drug-likeness (QED) is 0.0627. The Morgan fingerprint density at radius 3 is 1.00 bits per heavy atom. The first-order valence-corrected chi connectivity index (χ1v) is 20.6. The van der Waals surface area contributed by atoms with Gasteiger partial charge in [-0.25, -0.2) is 0 Å². The maximum atomic E-state index is 12.8. The lowest BCUT2D eigenvalue weighted by atomic mass is 9.98. The van der Waals surface area contributed by atoms with E-state index in [2.05, 4.69) is 62.4 Å². The molecule has 0 spiro atoms. The fourth-order valence-electron chi connectivity index (χ4n) is 6.59.